The monoisotopic (exact) mass is 250 g/mol. The number of carbonyl (C=O) groups is 1. The molecule has 0 saturated carbocycles. The zero-order valence-corrected chi connectivity index (χ0v) is 11.3. The molecule has 100 valence electrons. The van der Waals surface area contributed by atoms with Gasteiger partial charge < -0.3 is 15.4 Å². The third-order valence-electron chi connectivity index (χ3n) is 2.98. The van der Waals surface area contributed by atoms with Gasteiger partial charge >= 0.3 is 0 Å². The predicted octanol–water partition coefficient (Wildman–Crippen LogP) is 2.15. The summed E-state index contributed by atoms with van der Waals surface area (Å²) >= 11 is 0. The Morgan fingerprint density at radius 2 is 2.11 bits per heavy atom. The molecule has 0 radical (unpaired) electrons. The van der Waals surface area contributed by atoms with Gasteiger partial charge in [0.15, 0.2) is 6.61 Å². The Kier molecular flexibility index (Phi) is 5.49. The van der Waals surface area contributed by atoms with Gasteiger partial charge in [-0.25, -0.2) is 0 Å². The zero-order valence-electron chi connectivity index (χ0n) is 11.3. The first-order chi connectivity index (χ1) is 8.54. The molecule has 1 rings (SSSR count). The number of ether oxygens (including phenoxy) is 1. The number of benzene rings is 1. The third kappa shape index (κ3) is 4.28. The maximum atomic E-state index is 11.8. The molecular formula is C14H22N2O2. The molecule has 4 heteroatoms. The molecule has 1 unspecified atom stereocenters. The van der Waals surface area contributed by atoms with Crippen LogP contribution >= 0.6 is 0 Å². The molecule has 1 aromatic rings. The van der Waals surface area contributed by atoms with Crippen LogP contribution in [-0.2, 0) is 4.79 Å². The Labute approximate surface area is 109 Å². The number of likely N-dealkylation sites (N-methyl/N-ethyl adjacent to an activating group) is 1. The second kappa shape index (κ2) is 6.89. The number of rotatable bonds is 6. The number of anilines is 1. The summed E-state index contributed by atoms with van der Waals surface area (Å²) in [6, 6.07) is 7.18. The number of hydrogen-bond donors (Lipinski definition) is 1. The Balaban J connectivity index is 2.44. The standard InChI is InChI=1S/C14H22N2O2/c1-4-11(2)9-16(3)14(17)10-18-13-8-6-5-7-12(13)15/h5-8,11H,4,9-10,15H2,1-3H3. The van der Waals surface area contributed by atoms with Gasteiger partial charge in [-0.15, -0.1) is 0 Å². The lowest BCUT2D eigenvalue weighted by atomic mass is 10.1. The Hall–Kier alpha value is -1.71. The minimum Gasteiger partial charge on any atom is -0.482 e. The highest BCUT2D eigenvalue weighted by Crippen LogP contribution is 2.19. The molecule has 1 aromatic carbocycles. The highest BCUT2D eigenvalue weighted by Gasteiger charge is 2.12. The molecule has 18 heavy (non-hydrogen) atoms. The second-order valence-electron chi connectivity index (χ2n) is 4.61. The molecular weight excluding hydrogens is 228 g/mol. The van der Waals surface area contributed by atoms with E-state index < -0.39 is 0 Å². The summed E-state index contributed by atoms with van der Waals surface area (Å²) in [4.78, 5) is 13.5. The van der Waals surface area contributed by atoms with Crippen LogP contribution in [0.4, 0.5) is 5.69 Å². The van der Waals surface area contributed by atoms with Crippen molar-refractivity contribution >= 4 is 11.6 Å². The molecule has 0 aliphatic carbocycles. The summed E-state index contributed by atoms with van der Waals surface area (Å²) in [6.45, 7) is 5.02. The molecule has 0 aliphatic rings. The van der Waals surface area contributed by atoms with E-state index in [2.05, 4.69) is 13.8 Å². The molecule has 0 aromatic heterocycles. The third-order valence-corrected chi connectivity index (χ3v) is 2.98. The second-order valence-corrected chi connectivity index (χ2v) is 4.61. The lowest BCUT2D eigenvalue weighted by Gasteiger charge is -2.21. The van der Waals surface area contributed by atoms with E-state index in [-0.39, 0.29) is 12.5 Å². The van der Waals surface area contributed by atoms with Crippen molar-refractivity contribution in [3.63, 3.8) is 0 Å². The normalized spacial score (nSPS) is 11.9. The topological polar surface area (TPSA) is 55.6 Å². The maximum absolute atomic E-state index is 11.8. The van der Waals surface area contributed by atoms with Crippen LogP contribution in [0.5, 0.6) is 5.75 Å². The largest absolute Gasteiger partial charge is 0.482 e. The average molecular weight is 250 g/mol. The first-order valence-corrected chi connectivity index (χ1v) is 6.25. The first-order valence-electron chi connectivity index (χ1n) is 6.25. The first kappa shape index (κ1) is 14.4. The summed E-state index contributed by atoms with van der Waals surface area (Å²) in [5.41, 5.74) is 6.29. The van der Waals surface area contributed by atoms with E-state index in [1.807, 2.05) is 12.1 Å². The summed E-state index contributed by atoms with van der Waals surface area (Å²) in [5, 5.41) is 0. The summed E-state index contributed by atoms with van der Waals surface area (Å²) in [6.07, 6.45) is 1.06. The fourth-order valence-electron chi connectivity index (χ4n) is 1.56. The molecule has 0 spiro atoms. The number of amides is 1. The Morgan fingerprint density at radius 1 is 1.44 bits per heavy atom. The van der Waals surface area contributed by atoms with Crippen molar-refractivity contribution in [2.45, 2.75) is 20.3 Å². The van der Waals surface area contributed by atoms with Crippen molar-refractivity contribution in [1.29, 1.82) is 0 Å². The summed E-state index contributed by atoms with van der Waals surface area (Å²) < 4.78 is 5.42. The Bertz CT molecular complexity index is 393. The van der Waals surface area contributed by atoms with Crippen LogP contribution in [0.25, 0.3) is 0 Å². The van der Waals surface area contributed by atoms with Crippen LogP contribution in [0.3, 0.4) is 0 Å². The van der Waals surface area contributed by atoms with Crippen LogP contribution in [-0.4, -0.2) is 31.0 Å². The van der Waals surface area contributed by atoms with Crippen molar-refractivity contribution in [2.75, 3.05) is 25.9 Å². The molecule has 2 N–H and O–H groups in total. The van der Waals surface area contributed by atoms with Crippen LogP contribution in [0, 0.1) is 5.92 Å². The van der Waals surface area contributed by atoms with Gasteiger partial charge in [-0.1, -0.05) is 32.4 Å². The fourth-order valence-corrected chi connectivity index (χ4v) is 1.56. The van der Waals surface area contributed by atoms with Gasteiger partial charge in [0, 0.05) is 13.6 Å². The zero-order chi connectivity index (χ0) is 13.5. The number of hydrogen-bond acceptors (Lipinski definition) is 3. The number of carbonyl (C=O) groups excluding carboxylic acids is 1. The van der Waals surface area contributed by atoms with Crippen LogP contribution in [0.2, 0.25) is 0 Å². The van der Waals surface area contributed by atoms with Crippen molar-refractivity contribution < 1.29 is 9.53 Å². The number of para-hydroxylation sites is 2. The van der Waals surface area contributed by atoms with E-state index >= 15 is 0 Å². The SMILES string of the molecule is CCC(C)CN(C)C(=O)COc1ccccc1N. The van der Waals surface area contributed by atoms with Gasteiger partial charge in [0.05, 0.1) is 5.69 Å². The lowest BCUT2D eigenvalue weighted by molar-refractivity contribution is -0.132. The number of nitrogen functional groups attached to an aromatic ring is 1. The summed E-state index contributed by atoms with van der Waals surface area (Å²) in [5.74, 6) is 1.03. The van der Waals surface area contributed by atoms with E-state index in [1.54, 1.807) is 24.1 Å². The number of nitrogens with zero attached hydrogens (tertiary/aromatic N) is 1. The molecule has 0 aliphatic heterocycles. The minimum absolute atomic E-state index is 0.0289. The number of nitrogens with two attached hydrogens (primary N) is 1. The highest BCUT2D eigenvalue weighted by atomic mass is 16.5. The van der Waals surface area contributed by atoms with Gasteiger partial charge in [-0.2, -0.15) is 0 Å². The molecule has 4 nitrogen and oxygen atoms in total. The lowest BCUT2D eigenvalue weighted by Crippen LogP contribution is -2.34. The van der Waals surface area contributed by atoms with Gasteiger partial charge in [0.2, 0.25) is 0 Å². The molecule has 0 fully saturated rings. The molecule has 0 heterocycles. The molecule has 0 bridgehead atoms. The van der Waals surface area contributed by atoms with Crippen molar-refractivity contribution in [2.24, 2.45) is 5.92 Å². The smallest absolute Gasteiger partial charge is 0.260 e. The van der Waals surface area contributed by atoms with Gasteiger partial charge in [0.25, 0.3) is 5.91 Å². The van der Waals surface area contributed by atoms with E-state index in [1.165, 1.54) is 0 Å². The molecule has 1 atom stereocenters. The van der Waals surface area contributed by atoms with E-state index in [4.69, 9.17) is 10.5 Å². The van der Waals surface area contributed by atoms with Gasteiger partial charge in [0.1, 0.15) is 5.75 Å². The van der Waals surface area contributed by atoms with E-state index in [9.17, 15) is 4.79 Å². The highest BCUT2D eigenvalue weighted by molar-refractivity contribution is 5.77. The minimum atomic E-state index is -0.0291. The van der Waals surface area contributed by atoms with Crippen molar-refractivity contribution in [3.8, 4) is 5.75 Å². The van der Waals surface area contributed by atoms with E-state index in [0.29, 0.717) is 17.4 Å². The summed E-state index contributed by atoms with van der Waals surface area (Å²) in [7, 11) is 1.80. The molecule has 1 amide bonds. The van der Waals surface area contributed by atoms with Crippen LogP contribution in [0.15, 0.2) is 24.3 Å². The van der Waals surface area contributed by atoms with Crippen molar-refractivity contribution in [3.05, 3.63) is 24.3 Å². The Morgan fingerprint density at radius 3 is 2.72 bits per heavy atom. The van der Waals surface area contributed by atoms with Crippen molar-refractivity contribution in [1.82, 2.24) is 4.90 Å². The fraction of sp³-hybridized carbons (Fsp3) is 0.500. The van der Waals surface area contributed by atoms with Gasteiger partial charge in [-0.05, 0) is 18.1 Å². The molecule has 0 saturated heterocycles. The quantitative estimate of drug-likeness (QED) is 0.787. The average Bonchev–Trinajstić information content (AvgIpc) is 2.37. The maximum Gasteiger partial charge on any atom is 0.260 e. The van der Waals surface area contributed by atoms with Gasteiger partial charge in [-0.3, -0.25) is 4.79 Å². The van der Waals surface area contributed by atoms with Crippen LogP contribution < -0.4 is 10.5 Å². The predicted molar refractivity (Wildman–Crippen MR) is 73.4 cm³/mol. The van der Waals surface area contributed by atoms with Crippen LogP contribution in [0.1, 0.15) is 20.3 Å². The van der Waals surface area contributed by atoms with E-state index in [0.717, 1.165) is 13.0 Å².